The molecule has 0 unspecified atom stereocenters. The van der Waals surface area contributed by atoms with E-state index in [9.17, 15) is 0 Å². The van der Waals surface area contributed by atoms with Crippen molar-refractivity contribution in [1.29, 1.82) is 0 Å². The van der Waals surface area contributed by atoms with Crippen molar-refractivity contribution in [2.75, 3.05) is 19.7 Å². The first-order valence-corrected chi connectivity index (χ1v) is 10.7. The molecule has 1 aromatic carbocycles. The number of aryl methyl sites for hydroxylation is 1. The Morgan fingerprint density at radius 3 is 2.64 bits per heavy atom. The SMILES string of the molecule is CCc1cc2c(cc1OCC1CC1)CCN1C[C@@H](CC(C)C)CC[C@H]21. The van der Waals surface area contributed by atoms with Crippen LogP contribution in [-0.2, 0) is 12.8 Å². The van der Waals surface area contributed by atoms with Gasteiger partial charge in [-0.2, -0.15) is 0 Å². The van der Waals surface area contributed by atoms with E-state index in [2.05, 4.69) is 37.8 Å². The number of piperidine rings is 1. The summed E-state index contributed by atoms with van der Waals surface area (Å²) in [5, 5.41) is 0. The molecule has 138 valence electrons. The maximum atomic E-state index is 6.20. The van der Waals surface area contributed by atoms with Gasteiger partial charge < -0.3 is 4.74 Å². The Labute approximate surface area is 153 Å². The van der Waals surface area contributed by atoms with Gasteiger partial charge in [0.2, 0.25) is 0 Å². The highest BCUT2D eigenvalue weighted by Crippen LogP contribution is 2.42. The highest BCUT2D eigenvalue weighted by Gasteiger charge is 2.34. The fraction of sp³-hybridized carbons (Fsp3) is 0.739. The first kappa shape index (κ1) is 17.4. The zero-order valence-corrected chi connectivity index (χ0v) is 16.4. The Morgan fingerprint density at radius 2 is 1.92 bits per heavy atom. The summed E-state index contributed by atoms with van der Waals surface area (Å²) in [6, 6.07) is 5.56. The summed E-state index contributed by atoms with van der Waals surface area (Å²) < 4.78 is 6.20. The van der Waals surface area contributed by atoms with Crippen molar-refractivity contribution >= 4 is 0 Å². The molecule has 0 N–H and O–H groups in total. The van der Waals surface area contributed by atoms with Crippen molar-refractivity contribution in [3.63, 3.8) is 0 Å². The lowest BCUT2D eigenvalue weighted by molar-refractivity contribution is 0.0895. The maximum Gasteiger partial charge on any atom is 0.122 e. The van der Waals surface area contributed by atoms with Crippen molar-refractivity contribution in [1.82, 2.24) is 4.90 Å². The van der Waals surface area contributed by atoms with Crippen molar-refractivity contribution < 1.29 is 4.74 Å². The van der Waals surface area contributed by atoms with Gasteiger partial charge >= 0.3 is 0 Å². The summed E-state index contributed by atoms with van der Waals surface area (Å²) in [7, 11) is 0. The molecular formula is C23H35NO. The monoisotopic (exact) mass is 341 g/mol. The van der Waals surface area contributed by atoms with E-state index in [4.69, 9.17) is 4.74 Å². The molecule has 25 heavy (non-hydrogen) atoms. The Balaban J connectivity index is 1.51. The van der Waals surface area contributed by atoms with E-state index in [0.29, 0.717) is 6.04 Å². The number of benzene rings is 1. The fourth-order valence-electron chi connectivity index (χ4n) is 4.96. The Bertz CT molecular complexity index is 604. The van der Waals surface area contributed by atoms with E-state index in [1.165, 1.54) is 62.9 Å². The summed E-state index contributed by atoms with van der Waals surface area (Å²) in [5.74, 6) is 3.74. The van der Waals surface area contributed by atoms with Crippen LogP contribution in [0.2, 0.25) is 0 Å². The Kier molecular flexibility index (Phi) is 5.08. The minimum Gasteiger partial charge on any atom is -0.493 e. The minimum atomic E-state index is 0.662. The Hall–Kier alpha value is -1.02. The third-order valence-corrected chi connectivity index (χ3v) is 6.49. The van der Waals surface area contributed by atoms with Gasteiger partial charge in [-0.25, -0.2) is 0 Å². The molecule has 3 aliphatic rings. The third-order valence-electron chi connectivity index (χ3n) is 6.49. The molecule has 4 rings (SSSR count). The number of nitrogens with zero attached hydrogens (tertiary/aromatic N) is 1. The van der Waals surface area contributed by atoms with Gasteiger partial charge in [-0.05, 0) is 85.5 Å². The van der Waals surface area contributed by atoms with Crippen molar-refractivity contribution in [2.24, 2.45) is 17.8 Å². The third kappa shape index (κ3) is 3.89. The van der Waals surface area contributed by atoms with E-state index < -0.39 is 0 Å². The fourth-order valence-corrected chi connectivity index (χ4v) is 4.96. The average Bonchev–Trinajstić information content (AvgIpc) is 3.42. The predicted octanol–water partition coefficient (Wildman–Crippen LogP) is 5.39. The largest absolute Gasteiger partial charge is 0.493 e. The highest BCUT2D eigenvalue weighted by atomic mass is 16.5. The van der Waals surface area contributed by atoms with Crippen molar-refractivity contribution in [3.05, 3.63) is 28.8 Å². The van der Waals surface area contributed by atoms with Gasteiger partial charge in [-0.15, -0.1) is 0 Å². The maximum absolute atomic E-state index is 6.20. The van der Waals surface area contributed by atoms with Crippen LogP contribution in [-0.4, -0.2) is 24.6 Å². The number of rotatable bonds is 6. The molecule has 0 spiro atoms. The van der Waals surface area contributed by atoms with Crippen LogP contribution in [0.4, 0.5) is 0 Å². The number of hydrogen-bond acceptors (Lipinski definition) is 2. The van der Waals surface area contributed by atoms with Crippen LogP contribution in [0.15, 0.2) is 12.1 Å². The molecule has 0 amide bonds. The number of hydrogen-bond donors (Lipinski definition) is 0. The molecule has 1 aromatic rings. The topological polar surface area (TPSA) is 12.5 Å². The molecule has 2 heterocycles. The Morgan fingerprint density at radius 1 is 1.12 bits per heavy atom. The summed E-state index contributed by atoms with van der Waals surface area (Å²) in [6.07, 6.45) is 9.14. The zero-order valence-electron chi connectivity index (χ0n) is 16.4. The predicted molar refractivity (Wildman–Crippen MR) is 104 cm³/mol. The lowest BCUT2D eigenvalue weighted by Gasteiger charge is -2.44. The molecule has 2 heteroatoms. The van der Waals surface area contributed by atoms with Gasteiger partial charge in [-0.3, -0.25) is 4.90 Å². The highest BCUT2D eigenvalue weighted by molar-refractivity contribution is 5.45. The van der Waals surface area contributed by atoms with Crippen LogP contribution in [0.3, 0.4) is 0 Å². The van der Waals surface area contributed by atoms with Gasteiger partial charge in [0, 0.05) is 19.1 Å². The van der Waals surface area contributed by atoms with Crippen LogP contribution in [0.1, 0.15) is 75.6 Å². The normalized spacial score (nSPS) is 26.4. The van der Waals surface area contributed by atoms with Gasteiger partial charge in [0.05, 0.1) is 6.61 Å². The van der Waals surface area contributed by atoms with E-state index in [-0.39, 0.29) is 0 Å². The second-order valence-corrected chi connectivity index (χ2v) is 9.10. The van der Waals surface area contributed by atoms with Crippen LogP contribution in [0.25, 0.3) is 0 Å². The van der Waals surface area contributed by atoms with Gasteiger partial charge in [0.15, 0.2) is 0 Å². The van der Waals surface area contributed by atoms with Gasteiger partial charge in [0.25, 0.3) is 0 Å². The van der Waals surface area contributed by atoms with Gasteiger partial charge in [0.1, 0.15) is 5.75 Å². The molecular weight excluding hydrogens is 306 g/mol. The minimum absolute atomic E-state index is 0.662. The molecule has 2 nitrogen and oxygen atoms in total. The van der Waals surface area contributed by atoms with E-state index in [0.717, 1.165) is 30.8 Å². The number of ether oxygens (including phenoxy) is 1. The molecule has 2 atom stereocenters. The lowest BCUT2D eigenvalue weighted by atomic mass is 9.80. The smallest absolute Gasteiger partial charge is 0.122 e. The first-order valence-electron chi connectivity index (χ1n) is 10.7. The van der Waals surface area contributed by atoms with Crippen LogP contribution < -0.4 is 4.74 Å². The molecule has 2 fully saturated rings. The molecule has 1 saturated heterocycles. The summed E-state index contributed by atoms with van der Waals surface area (Å²) >= 11 is 0. The second kappa shape index (κ2) is 7.31. The van der Waals surface area contributed by atoms with Crippen LogP contribution in [0.5, 0.6) is 5.75 Å². The quantitative estimate of drug-likeness (QED) is 0.687. The summed E-state index contributed by atoms with van der Waals surface area (Å²) in [5.41, 5.74) is 4.60. The summed E-state index contributed by atoms with van der Waals surface area (Å²) in [4.78, 5) is 2.78. The second-order valence-electron chi connectivity index (χ2n) is 9.10. The standard InChI is InChI=1S/C23H35NO/c1-4-19-12-21-20(13-23(19)25-15-17-5-6-17)9-10-24-14-18(11-16(2)3)7-8-22(21)24/h12-13,16-18,22H,4-11,14-15H2,1-3H3/t18-,22-/m1/s1. The van der Waals surface area contributed by atoms with Crippen molar-refractivity contribution in [2.45, 2.75) is 71.8 Å². The number of fused-ring (bicyclic) bond motifs is 3. The van der Waals surface area contributed by atoms with Crippen molar-refractivity contribution in [3.8, 4) is 5.75 Å². The molecule has 1 aliphatic carbocycles. The van der Waals surface area contributed by atoms with E-state index >= 15 is 0 Å². The average molecular weight is 342 g/mol. The first-order chi connectivity index (χ1) is 12.1. The molecule has 1 saturated carbocycles. The molecule has 2 aliphatic heterocycles. The van der Waals surface area contributed by atoms with E-state index in [1.54, 1.807) is 11.1 Å². The molecule has 0 radical (unpaired) electrons. The van der Waals surface area contributed by atoms with Gasteiger partial charge in [-0.1, -0.05) is 26.8 Å². The summed E-state index contributed by atoms with van der Waals surface area (Å²) in [6.45, 7) is 10.5. The lowest BCUT2D eigenvalue weighted by Crippen LogP contribution is -2.42. The van der Waals surface area contributed by atoms with Crippen LogP contribution >= 0.6 is 0 Å². The van der Waals surface area contributed by atoms with Crippen LogP contribution in [0, 0.1) is 17.8 Å². The molecule has 0 bridgehead atoms. The molecule has 0 aromatic heterocycles. The van der Waals surface area contributed by atoms with E-state index in [1.807, 2.05) is 0 Å². The zero-order chi connectivity index (χ0) is 17.4.